The fourth-order valence-corrected chi connectivity index (χ4v) is 1.13. The first kappa shape index (κ1) is 12.9. The van der Waals surface area contributed by atoms with E-state index in [1.54, 1.807) is 7.05 Å². The van der Waals surface area contributed by atoms with E-state index in [2.05, 4.69) is 4.74 Å². The van der Waals surface area contributed by atoms with Gasteiger partial charge in [-0.25, -0.2) is 4.79 Å². The van der Waals surface area contributed by atoms with Crippen LogP contribution < -0.4 is 5.73 Å². The Labute approximate surface area is 82.6 Å². The summed E-state index contributed by atoms with van der Waals surface area (Å²) in [5, 5.41) is 9.60. The van der Waals surface area contributed by atoms with Gasteiger partial charge in [0.2, 0.25) is 5.91 Å². The Bertz CT molecular complexity index is 227. The third kappa shape index (κ3) is 4.20. The number of nitrogens with zero attached hydrogens (tertiary/aromatic N) is 1. The Morgan fingerprint density at radius 3 is 2.43 bits per heavy atom. The van der Waals surface area contributed by atoms with Gasteiger partial charge in [-0.2, -0.15) is 0 Å². The van der Waals surface area contributed by atoms with Crippen LogP contribution >= 0.6 is 0 Å². The molecule has 0 spiro atoms. The van der Waals surface area contributed by atoms with Gasteiger partial charge in [-0.15, -0.1) is 0 Å². The van der Waals surface area contributed by atoms with Crippen LogP contribution in [0.15, 0.2) is 0 Å². The number of likely N-dealkylation sites (N-methyl/N-ethyl adjacent to an activating group) is 1. The monoisotopic (exact) mass is 204 g/mol. The Kier molecular flexibility index (Phi) is 4.52. The maximum atomic E-state index is 11.0. The molecule has 1 amide bonds. The van der Waals surface area contributed by atoms with Gasteiger partial charge in [-0.3, -0.25) is 9.69 Å². The normalized spacial score (nSPS) is 14.9. The van der Waals surface area contributed by atoms with Crippen LogP contribution in [0.4, 0.5) is 0 Å². The molecular formula is C8H16N2O4. The van der Waals surface area contributed by atoms with Gasteiger partial charge in [-0.1, -0.05) is 0 Å². The number of carbonyl (C=O) groups is 2. The van der Waals surface area contributed by atoms with Crippen molar-refractivity contribution in [3.8, 4) is 0 Å². The highest BCUT2D eigenvalue weighted by molar-refractivity contribution is 5.79. The number of nitrogens with two attached hydrogens (primary N) is 1. The predicted molar refractivity (Wildman–Crippen MR) is 49.3 cm³/mol. The van der Waals surface area contributed by atoms with Crippen LogP contribution in [-0.2, 0) is 14.3 Å². The Morgan fingerprint density at radius 1 is 1.57 bits per heavy atom. The van der Waals surface area contributed by atoms with E-state index in [1.165, 1.54) is 18.9 Å². The standard InChI is InChI=1S/C8H16N2O4/c1-8(13,7(12)14-3)5-10(2)4-6(9)11/h13H,4-5H2,1-3H3,(H2,9,11). The smallest absolute Gasteiger partial charge is 0.338 e. The zero-order valence-electron chi connectivity index (χ0n) is 8.61. The first-order valence-corrected chi connectivity index (χ1v) is 4.07. The molecule has 0 rings (SSSR count). The minimum atomic E-state index is -1.63. The van der Waals surface area contributed by atoms with Crippen molar-refractivity contribution < 1.29 is 19.4 Å². The number of ether oxygens (including phenoxy) is 1. The number of carbonyl (C=O) groups excluding carboxylic acids is 2. The summed E-state index contributed by atoms with van der Waals surface area (Å²) < 4.78 is 4.39. The van der Waals surface area contributed by atoms with Gasteiger partial charge in [-0.05, 0) is 14.0 Å². The molecule has 6 heteroatoms. The topological polar surface area (TPSA) is 92.9 Å². The van der Waals surface area contributed by atoms with E-state index in [0.717, 1.165) is 0 Å². The van der Waals surface area contributed by atoms with Crippen molar-refractivity contribution in [3.05, 3.63) is 0 Å². The lowest BCUT2D eigenvalue weighted by molar-refractivity contribution is -0.162. The third-order valence-electron chi connectivity index (χ3n) is 1.63. The molecule has 0 aromatic carbocycles. The van der Waals surface area contributed by atoms with Crippen LogP contribution in [0.2, 0.25) is 0 Å². The number of hydrogen-bond donors (Lipinski definition) is 2. The molecule has 0 bridgehead atoms. The molecule has 1 atom stereocenters. The fourth-order valence-electron chi connectivity index (χ4n) is 1.13. The summed E-state index contributed by atoms with van der Waals surface area (Å²) in [6.45, 7) is 1.28. The van der Waals surface area contributed by atoms with Crippen molar-refractivity contribution in [1.82, 2.24) is 4.90 Å². The molecule has 0 saturated carbocycles. The molecule has 0 aliphatic heterocycles. The van der Waals surface area contributed by atoms with E-state index < -0.39 is 17.5 Å². The molecule has 3 N–H and O–H groups in total. The van der Waals surface area contributed by atoms with Crippen molar-refractivity contribution in [3.63, 3.8) is 0 Å². The van der Waals surface area contributed by atoms with Gasteiger partial charge in [0.25, 0.3) is 0 Å². The molecular weight excluding hydrogens is 188 g/mol. The highest BCUT2D eigenvalue weighted by Crippen LogP contribution is 2.07. The number of aliphatic hydroxyl groups is 1. The number of hydrogen-bond acceptors (Lipinski definition) is 5. The second-order valence-corrected chi connectivity index (χ2v) is 3.40. The van der Waals surface area contributed by atoms with E-state index in [9.17, 15) is 14.7 Å². The maximum absolute atomic E-state index is 11.0. The minimum absolute atomic E-state index is 0.0113. The Morgan fingerprint density at radius 2 is 2.07 bits per heavy atom. The molecule has 0 fully saturated rings. The van der Waals surface area contributed by atoms with E-state index in [0.29, 0.717) is 0 Å². The molecule has 6 nitrogen and oxygen atoms in total. The molecule has 0 aromatic rings. The summed E-state index contributed by atoms with van der Waals surface area (Å²) in [6, 6.07) is 0. The molecule has 0 aliphatic rings. The van der Waals surface area contributed by atoms with Gasteiger partial charge in [0.1, 0.15) is 0 Å². The number of primary amides is 1. The van der Waals surface area contributed by atoms with Crippen molar-refractivity contribution in [1.29, 1.82) is 0 Å². The molecule has 0 saturated heterocycles. The average molecular weight is 204 g/mol. The summed E-state index contributed by atoms with van der Waals surface area (Å²) in [6.07, 6.45) is 0. The van der Waals surface area contributed by atoms with Crippen molar-refractivity contribution >= 4 is 11.9 Å². The van der Waals surface area contributed by atoms with Crippen LogP contribution in [0, 0.1) is 0 Å². The highest BCUT2D eigenvalue weighted by Gasteiger charge is 2.32. The second kappa shape index (κ2) is 4.92. The first-order valence-electron chi connectivity index (χ1n) is 4.07. The average Bonchev–Trinajstić information content (AvgIpc) is 1.99. The van der Waals surface area contributed by atoms with Crippen LogP contribution in [0.25, 0.3) is 0 Å². The zero-order chi connectivity index (χ0) is 11.4. The van der Waals surface area contributed by atoms with Crippen molar-refractivity contribution in [2.75, 3.05) is 27.2 Å². The summed E-state index contributed by atoms with van der Waals surface area (Å²) in [5.41, 5.74) is 3.32. The van der Waals surface area contributed by atoms with Crippen LogP contribution in [0.1, 0.15) is 6.92 Å². The summed E-state index contributed by atoms with van der Waals surface area (Å²) in [5.74, 6) is -1.26. The van der Waals surface area contributed by atoms with Crippen LogP contribution in [-0.4, -0.2) is 54.7 Å². The molecule has 82 valence electrons. The summed E-state index contributed by atoms with van der Waals surface area (Å²) in [7, 11) is 2.76. The lowest BCUT2D eigenvalue weighted by Crippen LogP contribution is -2.48. The quantitative estimate of drug-likeness (QED) is 0.522. The SMILES string of the molecule is COC(=O)C(C)(O)CN(C)CC(N)=O. The molecule has 1 unspecified atom stereocenters. The number of amides is 1. The lowest BCUT2D eigenvalue weighted by atomic mass is 10.1. The number of methoxy groups -OCH3 is 1. The van der Waals surface area contributed by atoms with E-state index >= 15 is 0 Å². The van der Waals surface area contributed by atoms with Crippen molar-refractivity contribution in [2.45, 2.75) is 12.5 Å². The second-order valence-electron chi connectivity index (χ2n) is 3.40. The summed E-state index contributed by atoms with van der Waals surface area (Å²) in [4.78, 5) is 23.0. The van der Waals surface area contributed by atoms with Gasteiger partial charge < -0.3 is 15.6 Å². The lowest BCUT2D eigenvalue weighted by Gasteiger charge is -2.25. The fraction of sp³-hybridized carbons (Fsp3) is 0.750. The predicted octanol–water partition coefficient (Wildman–Crippen LogP) is -1.67. The molecule has 0 heterocycles. The molecule has 0 aliphatic carbocycles. The number of esters is 1. The Hall–Kier alpha value is -1.14. The Balaban J connectivity index is 4.21. The minimum Gasteiger partial charge on any atom is -0.467 e. The molecule has 0 radical (unpaired) electrons. The first-order chi connectivity index (χ1) is 6.29. The largest absolute Gasteiger partial charge is 0.467 e. The number of rotatable bonds is 5. The van der Waals surface area contributed by atoms with Crippen LogP contribution in [0.5, 0.6) is 0 Å². The third-order valence-corrected chi connectivity index (χ3v) is 1.63. The van der Waals surface area contributed by atoms with E-state index in [1.807, 2.05) is 0 Å². The van der Waals surface area contributed by atoms with Gasteiger partial charge in [0.15, 0.2) is 5.60 Å². The van der Waals surface area contributed by atoms with Crippen LogP contribution in [0.3, 0.4) is 0 Å². The van der Waals surface area contributed by atoms with Gasteiger partial charge in [0.05, 0.1) is 13.7 Å². The highest BCUT2D eigenvalue weighted by atomic mass is 16.5. The van der Waals surface area contributed by atoms with E-state index in [4.69, 9.17) is 5.73 Å². The molecule has 0 aromatic heterocycles. The maximum Gasteiger partial charge on any atom is 0.338 e. The summed E-state index contributed by atoms with van der Waals surface area (Å²) >= 11 is 0. The molecule has 14 heavy (non-hydrogen) atoms. The zero-order valence-corrected chi connectivity index (χ0v) is 8.61. The van der Waals surface area contributed by atoms with Gasteiger partial charge >= 0.3 is 5.97 Å². The van der Waals surface area contributed by atoms with Crippen molar-refractivity contribution in [2.24, 2.45) is 5.73 Å². The van der Waals surface area contributed by atoms with Gasteiger partial charge in [0, 0.05) is 6.54 Å². The van der Waals surface area contributed by atoms with E-state index in [-0.39, 0.29) is 13.1 Å².